The topological polar surface area (TPSA) is 84.8 Å². The zero-order chi connectivity index (χ0) is 19.7. The number of ether oxygens (including phenoxy) is 2. The van der Waals surface area contributed by atoms with Crippen molar-refractivity contribution in [1.29, 1.82) is 0 Å². The van der Waals surface area contributed by atoms with Crippen LogP contribution in [0.5, 0.6) is 5.88 Å². The Bertz CT molecular complexity index is 582. The Balaban J connectivity index is 0.000000412. The summed E-state index contributed by atoms with van der Waals surface area (Å²) in [5.41, 5.74) is 2.31. The molecular formula is C16H24F3N3O4. The Morgan fingerprint density at radius 1 is 1.31 bits per heavy atom. The van der Waals surface area contributed by atoms with Crippen molar-refractivity contribution in [2.24, 2.45) is 0 Å². The van der Waals surface area contributed by atoms with E-state index in [1.54, 1.807) is 13.4 Å². The van der Waals surface area contributed by atoms with Crippen LogP contribution in [0, 0.1) is 0 Å². The molecule has 148 valence electrons. The van der Waals surface area contributed by atoms with E-state index in [2.05, 4.69) is 14.9 Å². The van der Waals surface area contributed by atoms with Gasteiger partial charge in [-0.2, -0.15) is 13.2 Å². The molecule has 2 heterocycles. The van der Waals surface area contributed by atoms with E-state index in [1.165, 1.54) is 5.56 Å². The lowest BCUT2D eigenvalue weighted by Crippen LogP contribution is -2.29. The summed E-state index contributed by atoms with van der Waals surface area (Å²) < 4.78 is 42.7. The highest BCUT2D eigenvalue weighted by molar-refractivity contribution is 5.73. The van der Waals surface area contributed by atoms with Crippen LogP contribution in [0.1, 0.15) is 25.1 Å². The number of hydrogen-bond acceptors (Lipinski definition) is 6. The molecule has 0 aromatic carbocycles. The van der Waals surface area contributed by atoms with Crippen LogP contribution >= 0.6 is 0 Å². The molecule has 0 bridgehead atoms. The Morgan fingerprint density at radius 2 is 1.92 bits per heavy atom. The molecule has 0 saturated heterocycles. The number of aromatic nitrogens is 2. The summed E-state index contributed by atoms with van der Waals surface area (Å²) >= 11 is 0. The molecule has 0 spiro atoms. The van der Waals surface area contributed by atoms with E-state index in [1.807, 2.05) is 13.8 Å². The Labute approximate surface area is 150 Å². The number of nitrogens with zero attached hydrogens (tertiary/aromatic N) is 3. The van der Waals surface area contributed by atoms with Crippen molar-refractivity contribution in [1.82, 2.24) is 14.9 Å². The summed E-state index contributed by atoms with van der Waals surface area (Å²) in [6, 6.07) is 0. The maximum Gasteiger partial charge on any atom is 0.490 e. The number of carboxylic acid groups (broad SMARTS) is 1. The maximum atomic E-state index is 10.6. The van der Waals surface area contributed by atoms with Crippen LogP contribution in [-0.2, 0) is 22.4 Å². The molecule has 0 aliphatic carbocycles. The van der Waals surface area contributed by atoms with Gasteiger partial charge < -0.3 is 19.5 Å². The van der Waals surface area contributed by atoms with E-state index in [-0.39, 0.29) is 6.10 Å². The third-order valence-electron chi connectivity index (χ3n) is 3.54. The number of hydrogen-bond donors (Lipinski definition) is 1. The average molecular weight is 379 g/mol. The van der Waals surface area contributed by atoms with E-state index in [0.29, 0.717) is 0 Å². The van der Waals surface area contributed by atoms with Crippen molar-refractivity contribution in [2.45, 2.75) is 39.0 Å². The Morgan fingerprint density at radius 3 is 2.46 bits per heavy atom. The SMILES string of the molecule is COCCN1CCc2ncnc(OC(C)C)c2CC1.O=C(O)C(F)(F)F. The second-order valence-corrected chi connectivity index (χ2v) is 5.91. The second-order valence-electron chi connectivity index (χ2n) is 5.91. The predicted octanol–water partition coefficient (Wildman–Crippen LogP) is 1.94. The smallest absolute Gasteiger partial charge is 0.475 e. The number of aliphatic carboxylic acids is 1. The highest BCUT2D eigenvalue weighted by atomic mass is 19.4. The van der Waals surface area contributed by atoms with Crippen LogP contribution in [0.15, 0.2) is 6.33 Å². The lowest BCUT2D eigenvalue weighted by Gasteiger charge is -2.18. The van der Waals surface area contributed by atoms with Crippen molar-refractivity contribution in [3.05, 3.63) is 17.6 Å². The Hall–Kier alpha value is -1.94. The molecule has 0 atom stereocenters. The van der Waals surface area contributed by atoms with E-state index in [4.69, 9.17) is 19.4 Å². The molecule has 7 nitrogen and oxygen atoms in total. The van der Waals surface area contributed by atoms with Gasteiger partial charge in [-0.25, -0.2) is 14.8 Å². The number of methoxy groups -OCH3 is 1. The first-order valence-corrected chi connectivity index (χ1v) is 8.16. The van der Waals surface area contributed by atoms with Crippen molar-refractivity contribution < 1.29 is 32.5 Å². The summed E-state index contributed by atoms with van der Waals surface area (Å²) in [5.74, 6) is -2.00. The average Bonchev–Trinajstić information content (AvgIpc) is 2.75. The van der Waals surface area contributed by atoms with E-state index in [9.17, 15) is 13.2 Å². The molecule has 26 heavy (non-hydrogen) atoms. The van der Waals surface area contributed by atoms with Gasteiger partial charge in [-0.15, -0.1) is 0 Å². The fourth-order valence-corrected chi connectivity index (χ4v) is 2.31. The first-order valence-electron chi connectivity index (χ1n) is 8.16. The van der Waals surface area contributed by atoms with Gasteiger partial charge in [-0.1, -0.05) is 0 Å². The predicted molar refractivity (Wildman–Crippen MR) is 87.2 cm³/mol. The molecule has 0 unspecified atom stereocenters. The zero-order valence-corrected chi connectivity index (χ0v) is 15.0. The molecular weight excluding hydrogens is 355 g/mol. The van der Waals surface area contributed by atoms with Gasteiger partial charge in [0.25, 0.3) is 0 Å². The van der Waals surface area contributed by atoms with Crippen molar-refractivity contribution in [3.8, 4) is 5.88 Å². The summed E-state index contributed by atoms with van der Waals surface area (Å²) in [5, 5.41) is 7.12. The monoisotopic (exact) mass is 379 g/mol. The molecule has 0 fully saturated rings. The van der Waals surface area contributed by atoms with Gasteiger partial charge in [0.05, 0.1) is 18.4 Å². The minimum Gasteiger partial charge on any atom is -0.475 e. The molecule has 10 heteroatoms. The van der Waals surface area contributed by atoms with Crippen LogP contribution in [-0.4, -0.2) is 71.6 Å². The van der Waals surface area contributed by atoms with Crippen molar-refractivity contribution >= 4 is 5.97 Å². The maximum absolute atomic E-state index is 10.6. The van der Waals surface area contributed by atoms with Gasteiger partial charge in [-0.05, 0) is 20.3 Å². The third-order valence-corrected chi connectivity index (χ3v) is 3.54. The van der Waals surface area contributed by atoms with Crippen LogP contribution in [0.3, 0.4) is 0 Å². The number of rotatable bonds is 5. The minimum atomic E-state index is -5.08. The van der Waals surface area contributed by atoms with Gasteiger partial charge >= 0.3 is 12.1 Å². The van der Waals surface area contributed by atoms with E-state index in [0.717, 1.165) is 50.7 Å². The Kier molecular flexibility index (Phi) is 8.73. The largest absolute Gasteiger partial charge is 0.490 e. The summed E-state index contributed by atoms with van der Waals surface area (Å²) in [7, 11) is 1.74. The molecule has 1 aromatic rings. The van der Waals surface area contributed by atoms with Gasteiger partial charge in [0, 0.05) is 38.7 Å². The zero-order valence-electron chi connectivity index (χ0n) is 15.0. The summed E-state index contributed by atoms with van der Waals surface area (Å²) in [4.78, 5) is 20.0. The lowest BCUT2D eigenvalue weighted by molar-refractivity contribution is -0.192. The molecule has 0 radical (unpaired) electrons. The molecule has 2 rings (SSSR count). The highest BCUT2D eigenvalue weighted by Crippen LogP contribution is 2.23. The van der Waals surface area contributed by atoms with Crippen LogP contribution in [0.2, 0.25) is 0 Å². The molecule has 0 amide bonds. The number of carbonyl (C=O) groups is 1. The normalized spacial score (nSPS) is 14.9. The first kappa shape index (κ1) is 22.1. The molecule has 1 aliphatic heterocycles. The number of fused-ring (bicyclic) bond motifs is 1. The molecule has 1 aliphatic rings. The fraction of sp³-hybridized carbons (Fsp3) is 0.688. The standard InChI is InChI=1S/C14H23N3O2.C2HF3O2/c1-11(2)19-14-12-4-6-17(8-9-18-3)7-5-13(12)15-10-16-14;3-2(4,5)1(6)7/h10-11H,4-9H2,1-3H3;(H,6,7). The van der Waals surface area contributed by atoms with Crippen LogP contribution in [0.25, 0.3) is 0 Å². The van der Waals surface area contributed by atoms with Crippen molar-refractivity contribution in [2.75, 3.05) is 33.4 Å². The molecule has 1 aromatic heterocycles. The fourth-order valence-electron chi connectivity index (χ4n) is 2.31. The summed E-state index contributed by atoms with van der Waals surface area (Å²) in [6.45, 7) is 7.83. The highest BCUT2D eigenvalue weighted by Gasteiger charge is 2.38. The van der Waals surface area contributed by atoms with Crippen LogP contribution in [0.4, 0.5) is 13.2 Å². The van der Waals surface area contributed by atoms with Gasteiger partial charge in [-0.3, -0.25) is 0 Å². The van der Waals surface area contributed by atoms with E-state index >= 15 is 0 Å². The van der Waals surface area contributed by atoms with Crippen molar-refractivity contribution in [3.63, 3.8) is 0 Å². The lowest BCUT2D eigenvalue weighted by atomic mass is 10.1. The number of alkyl halides is 3. The first-order chi connectivity index (χ1) is 12.1. The minimum absolute atomic E-state index is 0.145. The van der Waals surface area contributed by atoms with Gasteiger partial charge in [0.2, 0.25) is 5.88 Å². The van der Waals surface area contributed by atoms with Gasteiger partial charge in [0.15, 0.2) is 0 Å². The van der Waals surface area contributed by atoms with E-state index < -0.39 is 12.1 Å². The second kappa shape index (κ2) is 10.3. The third kappa shape index (κ3) is 7.52. The molecule has 1 N–H and O–H groups in total. The van der Waals surface area contributed by atoms with Crippen LogP contribution < -0.4 is 4.74 Å². The number of carboxylic acids is 1. The molecule has 0 saturated carbocycles. The summed E-state index contributed by atoms with van der Waals surface area (Å²) in [6.07, 6.45) is -1.42. The van der Waals surface area contributed by atoms with Gasteiger partial charge in [0.1, 0.15) is 6.33 Å². The quantitative estimate of drug-likeness (QED) is 0.837. The number of halogens is 3.